The highest BCUT2D eigenvalue weighted by molar-refractivity contribution is 5.88. The summed E-state index contributed by atoms with van der Waals surface area (Å²) < 4.78 is 0. The average molecular weight is 314 g/mol. The lowest BCUT2D eigenvalue weighted by molar-refractivity contribution is 0.851. The number of hydrogen-bond acceptors (Lipinski definition) is 3. The lowest BCUT2D eigenvalue weighted by Gasteiger charge is -2.26. The molecule has 2 N–H and O–H groups in total. The first-order valence-electron chi connectivity index (χ1n) is 8.25. The Morgan fingerprint density at radius 3 is 2.79 bits per heavy atom. The van der Waals surface area contributed by atoms with E-state index in [4.69, 9.17) is 0 Å². The van der Waals surface area contributed by atoms with Crippen LogP contribution in [0.2, 0.25) is 0 Å². The van der Waals surface area contributed by atoms with Gasteiger partial charge in [-0.1, -0.05) is 55.8 Å². The molecule has 24 heavy (non-hydrogen) atoms. The molecule has 0 aliphatic carbocycles. The molecule has 0 radical (unpaired) electrons. The van der Waals surface area contributed by atoms with Gasteiger partial charge in [-0.05, 0) is 22.8 Å². The summed E-state index contributed by atoms with van der Waals surface area (Å²) in [5, 5.41) is 22.9. The summed E-state index contributed by atoms with van der Waals surface area (Å²) in [6.45, 7) is 2.12. The number of nitrogens with one attached hydrogen (secondary N) is 2. The molecule has 1 atom stereocenters. The molecule has 0 spiro atoms. The molecule has 0 bridgehead atoms. The average Bonchev–Trinajstić information content (AvgIpc) is 3.08. The monoisotopic (exact) mass is 314 g/mol. The van der Waals surface area contributed by atoms with E-state index in [-0.39, 0.29) is 5.92 Å². The predicted octanol–water partition coefficient (Wildman–Crippen LogP) is 4.70. The zero-order chi connectivity index (χ0) is 16.5. The van der Waals surface area contributed by atoms with Gasteiger partial charge in [0.2, 0.25) is 0 Å². The van der Waals surface area contributed by atoms with Crippen molar-refractivity contribution in [3.63, 3.8) is 0 Å². The highest BCUT2D eigenvalue weighted by atomic mass is 15.2. The smallest absolute Gasteiger partial charge is 0.156 e. The number of aromatic amines is 1. The number of hydrogen-bond donors (Lipinski definition) is 2. The lowest BCUT2D eigenvalue weighted by atomic mass is 9.80. The Labute approximate surface area is 140 Å². The number of fused-ring (bicyclic) bond motifs is 2. The summed E-state index contributed by atoms with van der Waals surface area (Å²) in [7, 11) is 0. The second-order valence-electron chi connectivity index (χ2n) is 6.07. The summed E-state index contributed by atoms with van der Waals surface area (Å²) in [6, 6.07) is 17.1. The van der Waals surface area contributed by atoms with Crippen molar-refractivity contribution in [2.24, 2.45) is 0 Å². The number of H-pyrrole nitrogens is 1. The van der Waals surface area contributed by atoms with E-state index >= 15 is 0 Å². The predicted molar refractivity (Wildman–Crippen MR) is 95.5 cm³/mol. The van der Waals surface area contributed by atoms with Crippen LogP contribution in [-0.2, 0) is 0 Å². The Morgan fingerprint density at radius 2 is 1.96 bits per heavy atom. The Balaban J connectivity index is 1.99. The molecule has 1 aliphatic rings. The first-order valence-corrected chi connectivity index (χ1v) is 8.25. The molecular formula is C20H18N4. The lowest BCUT2D eigenvalue weighted by Crippen LogP contribution is -2.18. The van der Waals surface area contributed by atoms with Gasteiger partial charge in [0.05, 0.1) is 17.6 Å². The number of allylic oxidation sites excluding steroid dienone is 2. The van der Waals surface area contributed by atoms with Crippen LogP contribution in [0, 0.1) is 11.3 Å². The minimum Gasteiger partial charge on any atom is -0.341 e. The van der Waals surface area contributed by atoms with Crippen molar-refractivity contribution in [3.8, 4) is 6.07 Å². The summed E-state index contributed by atoms with van der Waals surface area (Å²) in [5.41, 5.74) is 3.96. The number of nitrogens with zero attached hydrogens (tertiary/aromatic N) is 2. The maximum absolute atomic E-state index is 9.88. The Kier molecular flexibility index (Phi) is 3.55. The molecular weight excluding hydrogens is 296 g/mol. The van der Waals surface area contributed by atoms with Gasteiger partial charge in [0, 0.05) is 17.5 Å². The molecule has 4 rings (SSSR count). The molecule has 118 valence electrons. The van der Waals surface area contributed by atoms with Crippen molar-refractivity contribution >= 4 is 16.6 Å². The number of aromatic nitrogens is 2. The zero-order valence-electron chi connectivity index (χ0n) is 13.5. The Bertz CT molecular complexity index is 969. The van der Waals surface area contributed by atoms with Crippen LogP contribution in [0.25, 0.3) is 10.8 Å². The fraction of sp³-hybridized carbons (Fsp3) is 0.200. The van der Waals surface area contributed by atoms with Crippen LogP contribution in [0.4, 0.5) is 5.82 Å². The molecule has 2 aromatic carbocycles. The molecule has 0 saturated heterocycles. The van der Waals surface area contributed by atoms with E-state index in [9.17, 15) is 5.26 Å². The molecule has 1 aromatic heterocycles. The largest absolute Gasteiger partial charge is 0.341 e. The second kappa shape index (κ2) is 5.86. The number of benzene rings is 2. The van der Waals surface area contributed by atoms with Gasteiger partial charge in [-0.3, -0.25) is 5.10 Å². The van der Waals surface area contributed by atoms with E-state index in [1.54, 1.807) is 0 Å². The zero-order valence-corrected chi connectivity index (χ0v) is 13.5. The van der Waals surface area contributed by atoms with Crippen LogP contribution in [0.1, 0.15) is 36.8 Å². The normalized spacial score (nSPS) is 16.6. The molecule has 4 nitrogen and oxygen atoms in total. The molecule has 3 aromatic rings. The van der Waals surface area contributed by atoms with Crippen LogP contribution in [0.15, 0.2) is 59.9 Å². The SMILES string of the molecule is CCCC1=C(C#N)C(c2cccc3ccccc23)c2c[nH]nc2N1. The van der Waals surface area contributed by atoms with Gasteiger partial charge in [-0.2, -0.15) is 10.4 Å². The van der Waals surface area contributed by atoms with Crippen LogP contribution in [-0.4, -0.2) is 10.2 Å². The van der Waals surface area contributed by atoms with Crippen LogP contribution in [0.5, 0.6) is 0 Å². The van der Waals surface area contributed by atoms with Gasteiger partial charge in [0.15, 0.2) is 5.82 Å². The molecule has 0 amide bonds. The van der Waals surface area contributed by atoms with Crippen molar-refractivity contribution in [1.82, 2.24) is 10.2 Å². The third-order valence-electron chi connectivity index (χ3n) is 4.62. The van der Waals surface area contributed by atoms with E-state index in [1.165, 1.54) is 10.8 Å². The second-order valence-corrected chi connectivity index (χ2v) is 6.07. The highest BCUT2D eigenvalue weighted by Crippen LogP contribution is 2.43. The Hall–Kier alpha value is -3.06. The molecule has 2 heterocycles. The maximum Gasteiger partial charge on any atom is 0.156 e. The van der Waals surface area contributed by atoms with Gasteiger partial charge < -0.3 is 5.32 Å². The van der Waals surface area contributed by atoms with E-state index in [0.29, 0.717) is 0 Å². The quantitative estimate of drug-likeness (QED) is 0.736. The Morgan fingerprint density at radius 1 is 1.12 bits per heavy atom. The van der Waals surface area contributed by atoms with Crippen LogP contribution >= 0.6 is 0 Å². The molecule has 0 fully saturated rings. The number of nitriles is 1. The van der Waals surface area contributed by atoms with Crippen molar-refractivity contribution in [3.05, 3.63) is 71.1 Å². The molecule has 1 aliphatic heterocycles. The minimum absolute atomic E-state index is 0.0855. The fourth-order valence-corrected chi connectivity index (χ4v) is 3.56. The molecule has 0 saturated carbocycles. The third-order valence-corrected chi connectivity index (χ3v) is 4.62. The van der Waals surface area contributed by atoms with E-state index in [2.05, 4.69) is 58.8 Å². The fourth-order valence-electron chi connectivity index (χ4n) is 3.56. The summed E-state index contributed by atoms with van der Waals surface area (Å²) in [5.74, 6) is 0.744. The van der Waals surface area contributed by atoms with Gasteiger partial charge in [0.1, 0.15) is 0 Å². The number of rotatable bonds is 3. The van der Waals surface area contributed by atoms with Gasteiger partial charge in [-0.15, -0.1) is 0 Å². The van der Waals surface area contributed by atoms with Crippen molar-refractivity contribution < 1.29 is 0 Å². The molecule has 4 heteroatoms. The van der Waals surface area contributed by atoms with E-state index in [0.717, 1.165) is 41.1 Å². The van der Waals surface area contributed by atoms with Crippen molar-refractivity contribution in [2.45, 2.75) is 25.7 Å². The number of anilines is 1. The molecule has 1 unspecified atom stereocenters. The topological polar surface area (TPSA) is 64.5 Å². The van der Waals surface area contributed by atoms with Crippen LogP contribution in [0.3, 0.4) is 0 Å². The minimum atomic E-state index is -0.0855. The van der Waals surface area contributed by atoms with Gasteiger partial charge in [-0.25, -0.2) is 0 Å². The first kappa shape index (κ1) is 14.5. The first-order chi connectivity index (χ1) is 11.8. The van der Waals surface area contributed by atoms with Gasteiger partial charge >= 0.3 is 0 Å². The maximum atomic E-state index is 9.88. The van der Waals surface area contributed by atoms with E-state index < -0.39 is 0 Å². The van der Waals surface area contributed by atoms with E-state index in [1.807, 2.05) is 18.3 Å². The van der Waals surface area contributed by atoms with Crippen molar-refractivity contribution in [2.75, 3.05) is 5.32 Å². The highest BCUT2D eigenvalue weighted by Gasteiger charge is 2.31. The van der Waals surface area contributed by atoms with Gasteiger partial charge in [0.25, 0.3) is 0 Å². The summed E-state index contributed by atoms with van der Waals surface area (Å²) in [6.07, 6.45) is 3.72. The summed E-state index contributed by atoms with van der Waals surface area (Å²) >= 11 is 0. The summed E-state index contributed by atoms with van der Waals surface area (Å²) in [4.78, 5) is 0. The van der Waals surface area contributed by atoms with Crippen LogP contribution < -0.4 is 5.32 Å². The van der Waals surface area contributed by atoms with Crippen molar-refractivity contribution in [1.29, 1.82) is 5.26 Å². The third kappa shape index (κ3) is 2.17. The standard InChI is InChI=1S/C20H18N4/c1-2-6-18-16(11-21)19(17-12-22-24-20(17)23-18)15-10-5-8-13-7-3-4-9-14(13)15/h3-5,7-10,12,19H,2,6H2,1H3,(H2,22,23,24).